The van der Waals surface area contributed by atoms with E-state index >= 15 is 0 Å². The molecule has 2 aromatic rings. The van der Waals surface area contributed by atoms with Gasteiger partial charge in [0, 0.05) is 20.9 Å². The van der Waals surface area contributed by atoms with Gasteiger partial charge in [-0.1, -0.05) is 71.0 Å². The Labute approximate surface area is 169 Å². The molecule has 26 heavy (non-hydrogen) atoms. The fourth-order valence-electron chi connectivity index (χ4n) is 2.85. The number of hydrogen-bond donors (Lipinski definition) is 2. The van der Waals surface area contributed by atoms with Crippen molar-refractivity contribution >= 4 is 35.1 Å². The molecule has 0 bridgehead atoms. The van der Waals surface area contributed by atoms with E-state index in [2.05, 4.69) is 58.9 Å². The average molecular weight is 387 g/mol. The van der Waals surface area contributed by atoms with Crippen LogP contribution in [-0.4, -0.2) is 6.61 Å². The summed E-state index contributed by atoms with van der Waals surface area (Å²) in [5, 5.41) is 0. The lowest BCUT2D eigenvalue weighted by Gasteiger charge is -2.26. The molecular weight excluding hydrogens is 356 g/mol. The molecule has 0 fully saturated rings. The second kappa shape index (κ2) is 9.05. The zero-order chi connectivity index (χ0) is 19.3. The molecule has 0 heterocycles. The molecule has 0 saturated heterocycles. The zero-order valence-electron chi connectivity index (χ0n) is 16.5. The van der Waals surface area contributed by atoms with Gasteiger partial charge in [-0.15, -0.1) is 25.3 Å². The Morgan fingerprint density at radius 2 is 1.62 bits per heavy atom. The van der Waals surface area contributed by atoms with Gasteiger partial charge in [0.05, 0.1) is 6.61 Å². The summed E-state index contributed by atoms with van der Waals surface area (Å²) in [5.74, 6) is 0.934. The Hall–Kier alpha value is -1.32. The molecule has 0 amide bonds. The molecule has 0 aliphatic heterocycles. The molecule has 0 radical (unpaired) electrons. The number of aryl methyl sites for hydroxylation is 1. The third-order valence-electron chi connectivity index (χ3n) is 4.34. The Kier molecular flexibility index (Phi) is 7.31. The summed E-state index contributed by atoms with van der Waals surface area (Å²) in [6.45, 7) is 11.7. The molecule has 0 aliphatic rings. The maximum atomic E-state index is 6.23. The summed E-state index contributed by atoms with van der Waals surface area (Å²) in [4.78, 5) is 1.72. The molecule has 0 atom stereocenters. The van der Waals surface area contributed by atoms with Crippen molar-refractivity contribution in [2.75, 3.05) is 6.61 Å². The molecule has 2 rings (SSSR count). The fourth-order valence-corrected chi connectivity index (χ4v) is 3.41. The highest BCUT2D eigenvalue weighted by molar-refractivity contribution is 7.96. The van der Waals surface area contributed by atoms with E-state index in [0.717, 1.165) is 39.5 Å². The van der Waals surface area contributed by atoms with Crippen LogP contribution in [0.5, 0.6) is 5.75 Å². The third kappa shape index (κ3) is 4.89. The lowest BCUT2D eigenvalue weighted by Crippen LogP contribution is -2.15. The van der Waals surface area contributed by atoms with Gasteiger partial charge in [0.15, 0.2) is 0 Å². The largest absolute Gasteiger partial charge is 0.493 e. The first-order chi connectivity index (χ1) is 12.3. The summed E-state index contributed by atoms with van der Waals surface area (Å²) >= 11 is 9.65. The van der Waals surface area contributed by atoms with Gasteiger partial charge in [0.1, 0.15) is 5.75 Å². The lowest BCUT2D eigenvalue weighted by atomic mass is 9.83. The SMILES string of the molecule is CCCOc1c(C(S)=C(S)c2ccccc2)cc(CC)cc1C(C)(C)C. The third-order valence-corrected chi connectivity index (χ3v) is 5.46. The van der Waals surface area contributed by atoms with Gasteiger partial charge in [0.25, 0.3) is 0 Å². The number of thiol groups is 2. The number of ether oxygens (including phenoxy) is 1. The summed E-state index contributed by atoms with van der Waals surface area (Å²) in [6, 6.07) is 14.6. The van der Waals surface area contributed by atoms with Crippen LogP contribution in [0.4, 0.5) is 0 Å². The van der Waals surface area contributed by atoms with E-state index in [0.29, 0.717) is 6.61 Å². The van der Waals surface area contributed by atoms with Crippen molar-refractivity contribution < 1.29 is 4.74 Å². The minimum absolute atomic E-state index is 0.0133. The topological polar surface area (TPSA) is 9.23 Å². The van der Waals surface area contributed by atoms with Crippen molar-refractivity contribution in [3.63, 3.8) is 0 Å². The maximum absolute atomic E-state index is 6.23. The van der Waals surface area contributed by atoms with E-state index in [1.54, 1.807) is 0 Å². The Morgan fingerprint density at radius 1 is 0.962 bits per heavy atom. The first-order valence-corrected chi connectivity index (χ1v) is 10.2. The van der Waals surface area contributed by atoms with Gasteiger partial charge in [-0.25, -0.2) is 0 Å². The molecule has 1 nitrogen and oxygen atoms in total. The van der Waals surface area contributed by atoms with Crippen LogP contribution in [0.15, 0.2) is 42.5 Å². The zero-order valence-corrected chi connectivity index (χ0v) is 18.3. The normalized spacial score (nSPS) is 12.7. The van der Waals surface area contributed by atoms with Crippen LogP contribution in [-0.2, 0) is 11.8 Å². The molecule has 140 valence electrons. The highest BCUT2D eigenvalue weighted by Gasteiger charge is 2.24. The second-order valence-electron chi connectivity index (χ2n) is 7.54. The first kappa shape index (κ1) is 21.0. The molecule has 0 aliphatic carbocycles. The number of benzene rings is 2. The van der Waals surface area contributed by atoms with Crippen LogP contribution in [0, 0.1) is 0 Å². The summed E-state index contributed by atoms with van der Waals surface area (Å²) in [7, 11) is 0. The molecule has 2 aromatic carbocycles. The predicted molar refractivity (Wildman–Crippen MR) is 122 cm³/mol. The fraction of sp³-hybridized carbons (Fsp3) is 0.391. The first-order valence-electron chi connectivity index (χ1n) is 9.27. The van der Waals surface area contributed by atoms with Crippen LogP contribution < -0.4 is 4.74 Å². The van der Waals surface area contributed by atoms with Gasteiger partial charge in [-0.2, -0.15) is 0 Å². The van der Waals surface area contributed by atoms with Gasteiger partial charge in [0.2, 0.25) is 0 Å². The molecule has 0 unspecified atom stereocenters. The summed E-state index contributed by atoms with van der Waals surface area (Å²) in [5.41, 5.74) is 4.58. The van der Waals surface area contributed by atoms with Crippen LogP contribution in [0.3, 0.4) is 0 Å². The van der Waals surface area contributed by atoms with Crippen molar-refractivity contribution in [1.82, 2.24) is 0 Å². The van der Waals surface area contributed by atoms with Crippen molar-refractivity contribution in [3.05, 3.63) is 64.7 Å². The van der Waals surface area contributed by atoms with E-state index in [9.17, 15) is 0 Å². The molecule has 3 heteroatoms. The van der Waals surface area contributed by atoms with Crippen molar-refractivity contribution in [3.8, 4) is 5.75 Å². The van der Waals surface area contributed by atoms with Crippen LogP contribution in [0.2, 0.25) is 0 Å². The second-order valence-corrected chi connectivity index (χ2v) is 8.43. The van der Waals surface area contributed by atoms with E-state index in [1.165, 1.54) is 11.1 Å². The Morgan fingerprint density at radius 3 is 2.15 bits per heavy atom. The van der Waals surface area contributed by atoms with E-state index < -0.39 is 0 Å². The summed E-state index contributed by atoms with van der Waals surface area (Å²) < 4.78 is 6.23. The van der Waals surface area contributed by atoms with Gasteiger partial charge in [-0.3, -0.25) is 0 Å². The molecule has 0 N–H and O–H groups in total. The minimum Gasteiger partial charge on any atom is -0.493 e. The van der Waals surface area contributed by atoms with E-state index in [1.807, 2.05) is 18.2 Å². The monoisotopic (exact) mass is 386 g/mol. The van der Waals surface area contributed by atoms with E-state index in [-0.39, 0.29) is 5.41 Å². The predicted octanol–water partition coefficient (Wildman–Crippen LogP) is 7.02. The standard InChI is InChI=1S/C23H30OS2/c1-6-13-24-20-18(14-16(7-2)15-19(20)23(3,4)5)22(26)21(25)17-11-9-8-10-12-17/h8-12,14-15,25-26H,6-7,13H2,1-5H3. The summed E-state index contributed by atoms with van der Waals surface area (Å²) in [6.07, 6.45) is 1.94. The minimum atomic E-state index is -0.0133. The van der Waals surface area contributed by atoms with Crippen LogP contribution in [0.1, 0.15) is 63.3 Å². The number of rotatable bonds is 6. The molecule has 0 aromatic heterocycles. The van der Waals surface area contributed by atoms with Crippen LogP contribution >= 0.6 is 25.3 Å². The van der Waals surface area contributed by atoms with Crippen LogP contribution in [0.25, 0.3) is 9.81 Å². The van der Waals surface area contributed by atoms with E-state index in [4.69, 9.17) is 30.0 Å². The van der Waals surface area contributed by atoms with Crippen molar-refractivity contribution in [2.24, 2.45) is 0 Å². The van der Waals surface area contributed by atoms with Gasteiger partial charge >= 0.3 is 0 Å². The number of hydrogen-bond acceptors (Lipinski definition) is 3. The quantitative estimate of drug-likeness (QED) is 0.400. The Bertz CT molecular complexity index is 771. The highest BCUT2D eigenvalue weighted by Crippen LogP contribution is 2.42. The molecule has 0 saturated carbocycles. The maximum Gasteiger partial charge on any atom is 0.131 e. The van der Waals surface area contributed by atoms with Gasteiger partial charge < -0.3 is 4.74 Å². The smallest absolute Gasteiger partial charge is 0.131 e. The molecule has 0 spiro atoms. The average Bonchev–Trinajstić information content (AvgIpc) is 2.64. The highest BCUT2D eigenvalue weighted by atomic mass is 32.1. The Balaban J connectivity index is 2.72. The van der Waals surface area contributed by atoms with Crippen molar-refractivity contribution in [2.45, 2.75) is 52.9 Å². The molecular formula is C23H30OS2. The van der Waals surface area contributed by atoms with Crippen molar-refractivity contribution in [1.29, 1.82) is 0 Å². The lowest BCUT2D eigenvalue weighted by molar-refractivity contribution is 0.308. The van der Waals surface area contributed by atoms with Gasteiger partial charge in [-0.05, 0) is 35.4 Å².